The summed E-state index contributed by atoms with van der Waals surface area (Å²) in [5.74, 6) is -0.988. The van der Waals surface area contributed by atoms with Crippen LogP contribution < -0.4 is 15.5 Å². The van der Waals surface area contributed by atoms with E-state index in [0.717, 1.165) is 10.0 Å². The van der Waals surface area contributed by atoms with Gasteiger partial charge >= 0.3 is 11.8 Å². The first-order chi connectivity index (χ1) is 11.6. The summed E-state index contributed by atoms with van der Waals surface area (Å²) in [6.07, 6.45) is 1.41. The lowest BCUT2D eigenvalue weighted by atomic mass is 10.2. The van der Waals surface area contributed by atoms with E-state index in [-0.39, 0.29) is 6.54 Å². The van der Waals surface area contributed by atoms with E-state index in [0.29, 0.717) is 11.3 Å². The van der Waals surface area contributed by atoms with E-state index in [9.17, 15) is 9.59 Å². The molecule has 2 N–H and O–H groups in total. The molecule has 0 aliphatic rings. The van der Waals surface area contributed by atoms with Crippen LogP contribution in [0.2, 0.25) is 0 Å². The van der Waals surface area contributed by atoms with E-state index >= 15 is 0 Å². The fourth-order valence-corrected chi connectivity index (χ4v) is 2.25. The van der Waals surface area contributed by atoms with E-state index in [1.807, 2.05) is 36.4 Å². The molecule has 6 nitrogen and oxygen atoms in total. The van der Waals surface area contributed by atoms with Crippen LogP contribution in [0.4, 0.5) is 0 Å². The molecule has 0 fully saturated rings. The fourth-order valence-electron chi connectivity index (χ4n) is 1.88. The molecular weight excluding hydrogens is 374 g/mol. The summed E-state index contributed by atoms with van der Waals surface area (Å²) < 4.78 is 6.03. The number of methoxy groups -OCH3 is 1. The maximum absolute atomic E-state index is 11.7. The van der Waals surface area contributed by atoms with Gasteiger partial charge in [0.1, 0.15) is 5.75 Å². The minimum absolute atomic E-state index is 0.274. The van der Waals surface area contributed by atoms with E-state index < -0.39 is 11.8 Å². The standard InChI is InChI=1S/C17H16BrN3O3/c1-24-15-8-7-14(18)9-13(15)11-20-21-17(23)16(22)19-10-12-5-3-2-4-6-12/h2-9,11H,10H2,1H3,(H,19,22)(H,21,23)/b20-11-. The van der Waals surface area contributed by atoms with Gasteiger partial charge in [-0.25, -0.2) is 5.43 Å². The molecule has 24 heavy (non-hydrogen) atoms. The number of benzene rings is 2. The molecule has 2 aromatic carbocycles. The number of nitrogens with zero attached hydrogens (tertiary/aromatic N) is 1. The topological polar surface area (TPSA) is 79.8 Å². The van der Waals surface area contributed by atoms with Gasteiger partial charge in [-0.1, -0.05) is 46.3 Å². The molecule has 0 aliphatic heterocycles. The predicted molar refractivity (Wildman–Crippen MR) is 94.7 cm³/mol. The monoisotopic (exact) mass is 389 g/mol. The van der Waals surface area contributed by atoms with Crippen molar-refractivity contribution in [3.63, 3.8) is 0 Å². The van der Waals surface area contributed by atoms with Crippen molar-refractivity contribution in [3.05, 3.63) is 64.1 Å². The first-order valence-corrected chi connectivity index (χ1v) is 7.88. The molecule has 0 spiro atoms. The maximum atomic E-state index is 11.7. The van der Waals surface area contributed by atoms with Gasteiger partial charge in [-0.3, -0.25) is 9.59 Å². The van der Waals surface area contributed by atoms with Crippen molar-refractivity contribution in [2.24, 2.45) is 5.10 Å². The Balaban J connectivity index is 1.88. The number of ether oxygens (including phenoxy) is 1. The Hall–Kier alpha value is -2.67. The average Bonchev–Trinajstić information content (AvgIpc) is 2.60. The molecule has 0 aliphatic carbocycles. The Labute approximate surface area is 148 Å². The van der Waals surface area contributed by atoms with Crippen LogP contribution in [-0.2, 0) is 16.1 Å². The number of amides is 2. The van der Waals surface area contributed by atoms with E-state index in [2.05, 4.69) is 31.8 Å². The quantitative estimate of drug-likeness (QED) is 0.467. The van der Waals surface area contributed by atoms with Crippen LogP contribution in [0.1, 0.15) is 11.1 Å². The molecule has 2 aromatic rings. The van der Waals surface area contributed by atoms with Gasteiger partial charge in [0, 0.05) is 16.6 Å². The highest BCUT2D eigenvalue weighted by molar-refractivity contribution is 9.10. The Bertz CT molecular complexity index is 748. The first-order valence-electron chi connectivity index (χ1n) is 7.09. The number of rotatable bonds is 5. The number of nitrogens with one attached hydrogen (secondary N) is 2. The van der Waals surface area contributed by atoms with Crippen LogP contribution in [0.25, 0.3) is 0 Å². The highest BCUT2D eigenvalue weighted by atomic mass is 79.9. The summed E-state index contributed by atoms with van der Waals surface area (Å²) in [5.41, 5.74) is 3.75. The zero-order valence-corrected chi connectivity index (χ0v) is 14.5. The maximum Gasteiger partial charge on any atom is 0.329 e. The molecule has 0 atom stereocenters. The average molecular weight is 390 g/mol. The normalized spacial score (nSPS) is 10.4. The fraction of sp³-hybridized carbons (Fsp3) is 0.118. The summed E-state index contributed by atoms with van der Waals surface area (Å²) in [7, 11) is 1.54. The molecule has 7 heteroatoms. The van der Waals surface area contributed by atoms with Gasteiger partial charge in [0.05, 0.1) is 13.3 Å². The van der Waals surface area contributed by atoms with Crippen LogP contribution in [0.3, 0.4) is 0 Å². The lowest BCUT2D eigenvalue weighted by molar-refractivity contribution is -0.139. The molecule has 0 saturated carbocycles. The first kappa shape index (κ1) is 17.7. The van der Waals surface area contributed by atoms with Crippen LogP contribution in [0.5, 0.6) is 5.75 Å². The van der Waals surface area contributed by atoms with Gasteiger partial charge in [0.15, 0.2) is 0 Å². The number of halogens is 1. The minimum atomic E-state index is -0.837. The van der Waals surface area contributed by atoms with Gasteiger partial charge in [-0.2, -0.15) is 5.10 Å². The molecule has 0 aromatic heterocycles. The smallest absolute Gasteiger partial charge is 0.329 e. The molecular formula is C17H16BrN3O3. The Morgan fingerprint density at radius 1 is 1.17 bits per heavy atom. The molecule has 0 radical (unpaired) electrons. The van der Waals surface area contributed by atoms with Crippen LogP contribution in [0, 0.1) is 0 Å². The SMILES string of the molecule is COc1ccc(Br)cc1/C=N\NC(=O)C(=O)NCc1ccccc1. The molecule has 0 bridgehead atoms. The van der Waals surface area contributed by atoms with Gasteiger partial charge in [0.2, 0.25) is 0 Å². The van der Waals surface area contributed by atoms with Crippen molar-refractivity contribution in [2.75, 3.05) is 7.11 Å². The molecule has 2 amide bonds. The second kappa shape index (κ2) is 8.83. The minimum Gasteiger partial charge on any atom is -0.496 e. The lowest BCUT2D eigenvalue weighted by Gasteiger charge is -2.05. The molecule has 124 valence electrons. The van der Waals surface area contributed by atoms with E-state index in [4.69, 9.17) is 4.74 Å². The highest BCUT2D eigenvalue weighted by Gasteiger charge is 2.11. The molecule has 0 saturated heterocycles. The third-order valence-corrected chi connectivity index (χ3v) is 3.56. The number of hydrogen-bond donors (Lipinski definition) is 2. The van der Waals surface area contributed by atoms with Crippen LogP contribution in [-0.4, -0.2) is 25.1 Å². The van der Waals surface area contributed by atoms with Gasteiger partial charge in [-0.05, 0) is 23.8 Å². The number of carbonyl (C=O) groups excluding carboxylic acids is 2. The van der Waals surface area contributed by atoms with Gasteiger partial charge in [0.25, 0.3) is 0 Å². The van der Waals surface area contributed by atoms with Crippen molar-refractivity contribution in [3.8, 4) is 5.75 Å². The summed E-state index contributed by atoms with van der Waals surface area (Å²) in [4.78, 5) is 23.4. The Morgan fingerprint density at radius 2 is 1.92 bits per heavy atom. The van der Waals surface area contributed by atoms with E-state index in [1.54, 1.807) is 12.1 Å². The molecule has 0 heterocycles. The van der Waals surface area contributed by atoms with Crippen LogP contribution in [0.15, 0.2) is 58.1 Å². The van der Waals surface area contributed by atoms with Crippen LogP contribution >= 0.6 is 15.9 Å². The third-order valence-electron chi connectivity index (χ3n) is 3.06. The second-order valence-corrected chi connectivity index (χ2v) is 5.67. The van der Waals surface area contributed by atoms with Crippen molar-refractivity contribution in [1.82, 2.24) is 10.7 Å². The van der Waals surface area contributed by atoms with Gasteiger partial charge in [-0.15, -0.1) is 0 Å². The van der Waals surface area contributed by atoms with Crippen molar-refractivity contribution >= 4 is 34.0 Å². The Morgan fingerprint density at radius 3 is 2.62 bits per heavy atom. The van der Waals surface area contributed by atoms with Crippen molar-refractivity contribution < 1.29 is 14.3 Å². The summed E-state index contributed by atoms with van der Waals surface area (Å²) >= 11 is 3.34. The predicted octanol–water partition coefficient (Wildman–Crippen LogP) is 2.22. The number of hydrogen-bond acceptors (Lipinski definition) is 4. The Kier molecular flexibility index (Phi) is 6.51. The second-order valence-electron chi connectivity index (χ2n) is 4.75. The lowest BCUT2D eigenvalue weighted by Crippen LogP contribution is -2.37. The summed E-state index contributed by atoms with van der Waals surface area (Å²) in [6.45, 7) is 0.274. The summed E-state index contributed by atoms with van der Waals surface area (Å²) in [5, 5.41) is 6.30. The third kappa shape index (κ3) is 5.20. The number of carbonyl (C=O) groups is 2. The zero-order valence-electron chi connectivity index (χ0n) is 13.0. The van der Waals surface area contributed by atoms with Crippen molar-refractivity contribution in [1.29, 1.82) is 0 Å². The van der Waals surface area contributed by atoms with Crippen molar-refractivity contribution in [2.45, 2.75) is 6.54 Å². The van der Waals surface area contributed by atoms with E-state index in [1.165, 1.54) is 13.3 Å². The molecule has 2 rings (SSSR count). The molecule has 0 unspecified atom stereocenters. The largest absolute Gasteiger partial charge is 0.496 e. The summed E-state index contributed by atoms with van der Waals surface area (Å²) in [6, 6.07) is 14.7. The highest BCUT2D eigenvalue weighted by Crippen LogP contribution is 2.21. The van der Waals surface area contributed by atoms with Gasteiger partial charge < -0.3 is 10.1 Å². The number of hydrazone groups is 1. The zero-order chi connectivity index (χ0) is 17.4.